The number of hydrogen-bond donors (Lipinski definition) is 0. The van der Waals surface area contributed by atoms with Gasteiger partial charge >= 0.3 is 0 Å². The van der Waals surface area contributed by atoms with E-state index < -0.39 is 11.2 Å². The summed E-state index contributed by atoms with van der Waals surface area (Å²) in [6.07, 6.45) is 7.24. The number of halogens is 2. The molecule has 1 amide bonds. The Balaban J connectivity index is 1.45. The van der Waals surface area contributed by atoms with Gasteiger partial charge in [0.2, 0.25) is 0 Å². The Morgan fingerprint density at radius 3 is 2.74 bits per heavy atom. The Bertz CT molecular complexity index is 1100. The Morgan fingerprint density at radius 2 is 2.00 bits per heavy atom. The molecule has 1 unspecified atom stereocenters. The molecule has 6 nitrogen and oxygen atoms in total. The molecule has 1 saturated carbocycles. The van der Waals surface area contributed by atoms with Crippen molar-refractivity contribution in [2.75, 3.05) is 13.1 Å². The van der Waals surface area contributed by atoms with Crippen molar-refractivity contribution < 1.29 is 18.1 Å². The normalized spacial score (nSPS) is 21.3. The lowest BCUT2D eigenvalue weighted by Crippen LogP contribution is -2.49. The first kappa shape index (κ1) is 19.8. The monoisotopic (exact) mass is 424 g/mol. The third kappa shape index (κ3) is 3.94. The van der Waals surface area contributed by atoms with Gasteiger partial charge in [0, 0.05) is 24.8 Å². The van der Waals surface area contributed by atoms with Crippen molar-refractivity contribution in [3.05, 3.63) is 65.7 Å². The number of aromatic nitrogens is 3. The summed E-state index contributed by atoms with van der Waals surface area (Å²) in [6.45, 7) is 0.960. The van der Waals surface area contributed by atoms with E-state index in [1.807, 2.05) is 0 Å². The van der Waals surface area contributed by atoms with Gasteiger partial charge in [0.05, 0.1) is 17.2 Å². The molecule has 1 aliphatic carbocycles. The fraction of sp³-hybridized carbons (Fsp3) is 0.391. The third-order valence-electron chi connectivity index (χ3n) is 6.23. The number of rotatable bonds is 5. The SMILES string of the molecule is O=C(c1ccncc1F)N1CCCC(CC2CC2)(c2noc(-c3ccc(F)cc3)n2)C1. The summed E-state index contributed by atoms with van der Waals surface area (Å²) in [5.74, 6) is 0.158. The van der Waals surface area contributed by atoms with Gasteiger partial charge in [0.25, 0.3) is 11.8 Å². The number of benzene rings is 1. The maximum Gasteiger partial charge on any atom is 0.257 e. The summed E-state index contributed by atoms with van der Waals surface area (Å²) < 4.78 is 33.0. The fourth-order valence-electron chi connectivity index (χ4n) is 4.49. The van der Waals surface area contributed by atoms with Gasteiger partial charge in [-0.25, -0.2) is 8.78 Å². The summed E-state index contributed by atoms with van der Waals surface area (Å²) in [4.78, 5) is 23.1. The van der Waals surface area contributed by atoms with Gasteiger partial charge in [0.1, 0.15) is 5.82 Å². The minimum atomic E-state index is -0.621. The molecule has 1 saturated heterocycles. The first-order valence-corrected chi connectivity index (χ1v) is 10.5. The molecule has 3 aromatic rings. The van der Waals surface area contributed by atoms with E-state index in [4.69, 9.17) is 4.52 Å². The molecule has 1 aliphatic heterocycles. The molecule has 0 spiro atoms. The first-order valence-electron chi connectivity index (χ1n) is 10.5. The molecular formula is C23H22F2N4O2. The Kier molecular flexibility index (Phi) is 5.00. The molecule has 1 atom stereocenters. The fourth-order valence-corrected chi connectivity index (χ4v) is 4.49. The average Bonchev–Trinajstić information content (AvgIpc) is 3.44. The summed E-state index contributed by atoms with van der Waals surface area (Å²) in [7, 11) is 0. The van der Waals surface area contributed by atoms with Gasteiger partial charge in [-0.3, -0.25) is 9.78 Å². The van der Waals surface area contributed by atoms with Crippen LogP contribution in [-0.4, -0.2) is 39.0 Å². The number of pyridine rings is 1. The van der Waals surface area contributed by atoms with Crippen LogP contribution >= 0.6 is 0 Å². The van der Waals surface area contributed by atoms with Crippen LogP contribution in [0.3, 0.4) is 0 Å². The van der Waals surface area contributed by atoms with Crippen molar-refractivity contribution in [2.24, 2.45) is 5.92 Å². The number of amides is 1. The first-order chi connectivity index (χ1) is 15.0. The Hall–Kier alpha value is -3.16. The maximum absolute atomic E-state index is 14.2. The van der Waals surface area contributed by atoms with Gasteiger partial charge < -0.3 is 9.42 Å². The lowest BCUT2D eigenvalue weighted by molar-refractivity contribution is 0.0602. The quantitative estimate of drug-likeness (QED) is 0.608. The summed E-state index contributed by atoms with van der Waals surface area (Å²) in [5.41, 5.74) is 0.224. The number of carbonyl (C=O) groups excluding carboxylic acids is 1. The van der Waals surface area contributed by atoms with Crippen LogP contribution in [-0.2, 0) is 5.41 Å². The zero-order valence-corrected chi connectivity index (χ0v) is 16.9. The van der Waals surface area contributed by atoms with Crippen molar-refractivity contribution in [1.82, 2.24) is 20.0 Å². The van der Waals surface area contributed by atoms with E-state index in [9.17, 15) is 13.6 Å². The number of carbonyl (C=O) groups is 1. The van der Waals surface area contributed by atoms with E-state index in [1.54, 1.807) is 17.0 Å². The van der Waals surface area contributed by atoms with Crippen LogP contribution in [0.4, 0.5) is 8.78 Å². The number of nitrogens with zero attached hydrogens (tertiary/aromatic N) is 4. The van der Waals surface area contributed by atoms with E-state index in [1.165, 1.54) is 24.4 Å². The topological polar surface area (TPSA) is 72.1 Å². The Morgan fingerprint density at radius 1 is 1.19 bits per heavy atom. The van der Waals surface area contributed by atoms with E-state index in [0.717, 1.165) is 38.3 Å². The van der Waals surface area contributed by atoms with Crippen molar-refractivity contribution >= 4 is 5.91 Å². The molecule has 2 aliphatic rings. The lowest BCUT2D eigenvalue weighted by atomic mass is 9.74. The highest BCUT2D eigenvalue weighted by Gasteiger charge is 2.46. The molecule has 8 heteroatoms. The maximum atomic E-state index is 14.2. The number of piperidine rings is 1. The molecule has 1 aromatic carbocycles. The van der Waals surface area contributed by atoms with Gasteiger partial charge in [-0.2, -0.15) is 4.98 Å². The minimum absolute atomic E-state index is 0.0253. The van der Waals surface area contributed by atoms with Crippen molar-refractivity contribution in [3.63, 3.8) is 0 Å². The van der Waals surface area contributed by atoms with E-state index in [0.29, 0.717) is 36.3 Å². The zero-order valence-electron chi connectivity index (χ0n) is 16.9. The molecular weight excluding hydrogens is 402 g/mol. The van der Waals surface area contributed by atoms with Gasteiger partial charge in [-0.15, -0.1) is 0 Å². The van der Waals surface area contributed by atoms with Crippen LogP contribution in [0.15, 0.2) is 47.2 Å². The van der Waals surface area contributed by atoms with Gasteiger partial charge in [-0.05, 0) is 55.5 Å². The number of likely N-dealkylation sites (tertiary alicyclic amines) is 1. The van der Waals surface area contributed by atoms with Crippen LogP contribution in [0, 0.1) is 17.6 Å². The van der Waals surface area contributed by atoms with Crippen LogP contribution in [0.5, 0.6) is 0 Å². The highest BCUT2D eigenvalue weighted by atomic mass is 19.1. The molecule has 2 aromatic heterocycles. The summed E-state index contributed by atoms with van der Waals surface area (Å²) >= 11 is 0. The van der Waals surface area contributed by atoms with Gasteiger partial charge in [-0.1, -0.05) is 18.0 Å². The van der Waals surface area contributed by atoms with Crippen molar-refractivity contribution in [2.45, 2.75) is 37.5 Å². The molecule has 31 heavy (non-hydrogen) atoms. The third-order valence-corrected chi connectivity index (χ3v) is 6.23. The molecule has 0 radical (unpaired) electrons. The largest absolute Gasteiger partial charge is 0.338 e. The van der Waals surface area contributed by atoms with Crippen molar-refractivity contribution in [1.29, 1.82) is 0 Å². The summed E-state index contributed by atoms with van der Waals surface area (Å²) in [5, 5.41) is 4.27. The molecule has 0 N–H and O–H groups in total. The van der Waals surface area contributed by atoms with Crippen LogP contribution < -0.4 is 0 Å². The minimum Gasteiger partial charge on any atom is -0.338 e. The second-order valence-corrected chi connectivity index (χ2v) is 8.54. The predicted octanol–water partition coefficient (Wildman–Crippen LogP) is 4.38. The molecule has 160 valence electrons. The molecule has 2 fully saturated rings. The molecule has 0 bridgehead atoms. The lowest BCUT2D eigenvalue weighted by Gasteiger charge is -2.41. The smallest absolute Gasteiger partial charge is 0.257 e. The standard InChI is InChI=1S/C23H22F2N4O2/c24-17-6-4-16(5-7-17)20-27-22(28-31-20)23(12-15-2-3-15)9-1-11-29(14-23)21(30)18-8-10-26-13-19(18)25/h4-8,10,13,15H,1-3,9,11-12,14H2. The van der Waals surface area contributed by atoms with Gasteiger partial charge in [0.15, 0.2) is 11.6 Å². The number of hydrogen-bond acceptors (Lipinski definition) is 5. The second-order valence-electron chi connectivity index (χ2n) is 8.54. The van der Waals surface area contributed by atoms with Crippen molar-refractivity contribution in [3.8, 4) is 11.5 Å². The van der Waals surface area contributed by atoms with E-state index in [2.05, 4.69) is 15.1 Å². The Labute approximate surface area is 178 Å². The summed E-state index contributed by atoms with van der Waals surface area (Å²) in [6, 6.07) is 7.31. The molecule has 5 rings (SSSR count). The average molecular weight is 424 g/mol. The highest BCUT2D eigenvalue weighted by Crippen LogP contribution is 2.46. The second kappa shape index (κ2) is 7.83. The van der Waals surface area contributed by atoms with Crippen LogP contribution in [0.1, 0.15) is 48.3 Å². The highest BCUT2D eigenvalue weighted by molar-refractivity contribution is 5.94. The predicted molar refractivity (Wildman–Crippen MR) is 108 cm³/mol. The van der Waals surface area contributed by atoms with E-state index in [-0.39, 0.29) is 17.3 Å². The van der Waals surface area contributed by atoms with E-state index >= 15 is 0 Å². The zero-order chi connectivity index (χ0) is 21.4. The molecule has 3 heterocycles. The van der Waals surface area contributed by atoms with Crippen LogP contribution in [0.25, 0.3) is 11.5 Å². The van der Waals surface area contributed by atoms with Crippen LogP contribution in [0.2, 0.25) is 0 Å².